The molecule has 0 fully saturated rings. The van der Waals surface area contributed by atoms with Gasteiger partial charge in [-0.1, -0.05) is 18.2 Å². The fourth-order valence-electron chi connectivity index (χ4n) is 1.40. The maximum Gasteiger partial charge on any atom is 0.240 e. The molecule has 1 heterocycles. The number of hydrogen-bond acceptors (Lipinski definition) is 5. The fraction of sp³-hybridized carbons (Fsp3) is 0.167. The number of benzene rings is 1. The molecule has 94 valence electrons. The highest BCUT2D eigenvalue weighted by molar-refractivity contribution is 5.31. The van der Waals surface area contributed by atoms with Gasteiger partial charge in [0.25, 0.3) is 0 Å². The summed E-state index contributed by atoms with van der Waals surface area (Å²) in [7, 11) is 0. The van der Waals surface area contributed by atoms with Crippen molar-refractivity contribution in [2.45, 2.75) is 13.5 Å². The van der Waals surface area contributed by atoms with Crippen molar-refractivity contribution in [3.05, 3.63) is 47.4 Å². The van der Waals surface area contributed by atoms with Crippen LogP contribution >= 0.6 is 0 Å². The van der Waals surface area contributed by atoms with Crippen LogP contribution in [0.3, 0.4) is 0 Å². The molecule has 1 aromatic carbocycles. The van der Waals surface area contributed by atoms with Gasteiger partial charge < -0.3 is 4.74 Å². The minimum atomic E-state index is -0.304. The van der Waals surface area contributed by atoms with Gasteiger partial charge in [-0.25, -0.2) is 15.2 Å². The van der Waals surface area contributed by atoms with E-state index in [1.54, 1.807) is 31.3 Å². The van der Waals surface area contributed by atoms with Crippen LogP contribution in [-0.2, 0) is 6.61 Å². The average molecular weight is 248 g/mol. The third kappa shape index (κ3) is 2.72. The highest BCUT2D eigenvalue weighted by Crippen LogP contribution is 2.17. The lowest BCUT2D eigenvalue weighted by Gasteiger charge is -2.09. The molecule has 2 rings (SSSR count). The molecule has 6 heteroatoms. The molecule has 3 N–H and O–H groups in total. The Hall–Kier alpha value is -2.21. The van der Waals surface area contributed by atoms with Crippen molar-refractivity contribution >= 4 is 5.95 Å². The molecule has 0 radical (unpaired) electrons. The quantitative estimate of drug-likeness (QED) is 0.637. The van der Waals surface area contributed by atoms with E-state index in [9.17, 15) is 4.39 Å². The molecule has 0 unspecified atom stereocenters. The van der Waals surface area contributed by atoms with Gasteiger partial charge in [0.2, 0.25) is 11.8 Å². The number of nitrogens with one attached hydrogen (secondary N) is 1. The topological polar surface area (TPSA) is 73.1 Å². The van der Waals surface area contributed by atoms with Crippen LogP contribution in [0, 0.1) is 12.7 Å². The Morgan fingerprint density at radius 1 is 1.39 bits per heavy atom. The number of aryl methyl sites for hydroxylation is 1. The van der Waals surface area contributed by atoms with E-state index < -0.39 is 0 Å². The molecule has 0 spiro atoms. The Kier molecular flexibility index (Phi) is 3.69. The lowest BCUT2D eigenvalue weighted by Crippen LogP contribution is -2.11. The molecule has 18 heavy (non-hydrogen) atoms. The average Bonchev–Trinajstić information content (AvgIpc) is 2.39. The molecule has 0 aliphatic carbocycles. The van der Waals surface area contributed by atoms with Gasteiger partial charge in [-0.15, -0.1) is 0 Å². The van der Waals surface area contributed by atoms with Crippen LogP contribution in [-0.4, -0.2) is 9.97 Å². The zero-order chi connectivity index (χ0) is 13.0. The molecule has 0 saturated carbocycles. The van der Waals surface area contributed by atoms with Crippen LogP contribution in [0.15, 0.2) is 30.5 Å². The number of nitrogens with two attached hydrogens (primary N) is 1. The Labute approximate surface area is 104 Å². The molecule has 0 aliphatic rings. The number of hydrogen-bond donors (Lipinski definition) is 2. The van der Waals surface area contributed by atoms with Crippen molar-refractivity contribution < 1.29 is 9.13 Å². The second kappa shape index (κ2) is 5.42. The summed E-state index contributed by atoms with van der Waals surface area (Å²) in [5.41, 5.74) is 3.55. The first-order valence-electron chi connectivity index (χ1n) is 5.37. The van der Waals surface area contributed by atoms with E-state index in [2.05, 4.69) is 15.4 Å². The molecule has 0 bridgehead atoms. The number of hydrazine groups is 1. The Morgan fingerprint density at radius 3 is 2.89 bits per heavy atom. The molecule has 2 aromatic rings. The van der Waals surface area contributed by atoms with Gasteiger partial charge in [0.15, 0.2) is 0 Å². The highest BCUT2D eigenvalue weighted by atomic mass is 19.1. The van der Waals surface area contributed by atoms with Gasteiger partial charge >= 0.3 is 0 Å². The molecule has 0 atom stereocenters. The lowest BCUT2D eigenvalue weighted by molar-refractivity contribution is 0.285. The van der Waals surface area contributed by atoms with E-state index in [4.69, 9.17) is 10.6 Å². The number of nitrogens with zero attached hydrogens (tertiary/aromatic N) is 2. The van der Waals surface area contributed by atoms with Crippen molar-refractivity contribution in [1.82, 2.24) is 9.97 Å². The van der Waals surface area contributed by atoms with Gasteiger partial charge in [-0.2, -0.15) is 4.98 Å². The smallest absolute Gasteiger partial charge is 0.240 e. The van der Waals surface area contributed by atoms with Crippen molar-refractivity contribution in [3.63, 3.8) is 0 Å². The molecule has 0 aliphatic heterocycles. The summed E-state index contributed by atoms with van der Waals surface area (Å²) in [6.07, 6.45) is 1.58. The molecule has 5 nitrogen and oxygen atoms in total. The Balaban J connectivity index is 2.13. The van der Waals surface area contributed by atoms with Crippen LogP contribution < -0.4 is 16.0 Å². The fourth-order valence-corrected chi connectivity index (χ4v) is 1.40. The number of ether oxygens (including phenoxy) is 1. The number of nitrogen functional groups attached to an aromatic ring is 1. The summed E-state index contributed by atoms with van der Waals surface area (Å²) in [4.78, 5) is 7.97. The number of halogens is 1. The molecule has 0 saturated heterocycles. The second-order valence-electron chi connectivity index (χ2n) is 3.71. The van der Waals surface area contributed by atoms with Crippen molar-refractivity contribution in [2.24, 2.45) is 5.84 Å². The summed E-state index contributed by atoms with van der Waals surface area (Å²) >= 11 is 0. The first-order valence-corrected chi connectivity index (χ1v) is 5.37. The predicted octanol–water partition coefficient (Wildman–Crippen LogP) is 1.79. The standard InChI is InChI=1S/C12H13FN4O/c1-8-6-15-12(17-14)16-11(8)18-7-9-4-2-3-5-10(9)13/h2-6H,7,14H2,1H3,(H,15,16,17). The Morgan fingerprint density at radius 2 is 2.17 bits per heavy atom. The SMILES string of the molecule is Cc1cnc(NN)nc1OCc1ccccc1F. The summed E-state index contributed by atoms with van der Waals surface area (Å²) in [6, 6.07) is 6.43. The van der Waals surface area contributed by atoms with Gasteiger partial charge in [0.05, 0.1) is 0 Å². The predicted molar refractivity (Wildman–Crippen MR) is 65.3 cm³/mol. The van der Waals surface area contributed by atoms with E-state index in [0.29, 0.717) is 11.4 Å². The van der Waals surface area contributed by atoms with Crippen LogP contribution in [0.4, 0.5) is 10.3 Å². The number of anilines is 1. The maximum atomic E-state index is 13.4. The van der Waals surface area contributed by atoms with Crippen molar-refractivity contribution in [1.29, 1.82) is 0 Å². The summed E-state index contributed by atoms with van der Waals surface area (Å²) in [5.74, 6) is 5.54. The molecule has 1 aromatic heterocycles. The summed E-state index contributed by atoms with van der Waals surface area (Å²) in [5, 5.41) is 0. The van der Waals surface area contributed by atoms with Gasteiger partial charge in [0.1, 0.15) is 12.4 Å². The van der Waals surface area contributed by atoms with Crippen LogP contribution in [0.1, 0.15) is 11.1 Å². The van der Waals surface area contributed by atoms with E-state index in [-0.39, 0.29) is 18.4 Å². The molecular weight excluding hydrogens is 235 g/mol. The monoisotopic (exact) mass is 248 g/mol. The minimum absolute atomic E-state index is 0.106. The minimum Gasteiger partial charge on any atom is -0.472 e. The number of aromatic nitrogens is 2. The van der Waals surface area contributed by atoms with Gasteiger partial charge in [0, 0.05) is 17.3 Å². The van der Waals surface area contributed by atoms with Crippen molar-refractivity contribution in [3.8, 4) is 5.88 Å². The second-order valence-corrected chi connectivity index (χ2v) is 3.71. The molecule has 0 amide bonds. The van der Waals surface area contributed by atoms with Crippen LogP contribution in [0.5, 0.6) is 5.88 Å². The van der Waals surface area contributed by atoms with E-state index >= 15 is 0 Å². The van der Waals surface area contributed by atoms with Crippen molar-refractivity contribution in [2.75, 3.05) is 5.43 Å². The lowest BCUT2D eigenvalue weighted by atomic mass is 10.2. The summed E-state index contributed by atoms with van der Waals surface area (Å²) < 4.78 is 18.9. The van der Waals surface area contributed by atoms with Gasteiger partial charge in [-0.05, 0) is 13.0 Å². The van der Waals surface area contributed by atoms with E-state index in [1.165, 1.54) is 6.07 Å². The van der Waals surface area contributed by atoms with Gasteiger partial charge in [-0.3, -0.25) is 5.43 Å². The Bertz CT molecular complexity index is 547. The number of rotatable bonds is 4. The maximum absolute atomic E-state index is 13.4. The summed E-state index contributed by atoms with van der Waals surface area (Å²) in [6.45, 7) is 1.91. The third-order valence-corrected chi connectivity index (χ3v) is 2.38. The zero-order valence-electron chi connectivity index (χ0n) is 9.85. The van der Waals surface area contributed by atoms with E-state index in [0.717, 1.165) is 5.56 Å². The first-order chi connectivity index (χ1) is 8.70. The molecular formula is C12H13FN4O. The normalized spacial score (nSPS) is 10.2. The largest absolute Gasteiger partial charge is 0.472 e. The van der Waals surface area contributed by atoms with Crippen LogP contribution in [0.25, 0.3) is 0 Å². The van der Waals surface area contributed by atoms with Crippen LogP contribution in [0.2, 0.25) is 0 Å². The van der Waals surface area contributed by atoms with E-state index in [1.807, 2.05) is 0 Å². The zero-order valence-corrected chi connectivity index (χ0v) is 9.85. The third-order valence-electron chi connectivity index (χ3n) is 2.38. The highest BCUT2D eigenvalue weighted by Gasteiger charge is 2.06. The first kappa shape index (κ1) is 12.3.